The summed E-state index contributed by atoms with van der Waals surface area (Å²) in [6.07, 6.45) is 2.36. The van der Waals surface area contributed by atoms with Crippen LogP contribution >= 0.6 is 0 Å². The van der Waals surface area contributed by atoms with Crippen LogP contribution < -0.4 is 10.2 Å². The largest absolute Gasteiger partial charge is 0.342 e. The predicted octanol–water partition coefficient (Wildman–Crippen LogP) is 1.62. The average Bonchev–Trinajstić information content (AvgIpc) is 3.15. The lowest BCUT2D eigenvalue weighted by Gasteiger charge is -2.21. The van der Waals surface area contributed by atoms with Crippen LogP contribution in [0.1, 0.15) is 26.2 Å². The van der Waals surface area contributed by atoms with Gasteiger partial charge in [-0.1, -0.05) is 6.07 Å². The second-order valence-corrected chi connectivity index (χ2v) is 6.17. The van der Waals surface area contributed by atoms with Crippen LogP contribution in [0.15, 0.2) is 24.3 Å². The van der Waals surface area contributed by atoms with Gasteiger partial charge < -0.3 is 15.1 Å². The first-order valence-electron chi connectivity index (χ1n) is 8.01. The number of nitrogens with one attached hydrogen (secondary N) is 1. The zero-order valence-corrected chi connectivity index (χ0v) is 13.2. The highest BCUT2D eigenvalue weighted by molar-refractivity contribution is 6.01. The molecule has 122 valence electrons. The van der Waals surface area contributed by atoms with Crippen molar-refractivity contribution >= 4 is 29.1 Å². The van der Waals surface area contributed by atoms with Gasteiger partial charge in [-0.15, -0.1) is 0 Å². The van der Waals surface area contributed by atoms with Gasteiger partial charge in [0, 0.05) is 44.4 Å². The van der Waals surface area contributed by atoms with Gasteiger partial charge in [0.2, 0.25) is 17.7 Å². The molecule has 2 fully saturated rings. The molecular formula is C17H21N3O3. The molecule has 6 nitrogen and oxygen atoms in total. The molecule has 2 heterocycles. The first-order valence-corrected chi connectivity index (χ1v) is 8.01. The number of carbonyl (C=O) groups is 3. The second kappa shape index (κ2) is 6.40. The number of carbonyl (C=O) groups excluding carboxylic acids is 3. The number of hydrogen-bond acceptors (Lipinski definition) is 3. The quantitative estimate of drug-likeness (QED) is 0.921. The fourth-order valence-electron chi connectivity index (χ4n) is 3.27. The molecule has 1 N–H and O–H groups in total. The van der Waals surface area contributed by atoms with Crippen molar-refractivity contribution in [3.8, 4) is 0 Å². The highest BCUT2D eigenvalue weighted by Gasteiger charge is 2.37. The van der Waals surface area contributed by atoms with Crippen molar-refractivity contribution in [2.45, 2.75) is 26.2 Å². The van der Waals surface area contributed by atoms with Gasteiger partial charge in [0.05, 0.1) is 5.92 Å². The molecule has 0 aromatic heterocycles. The molecule has 0 aliphatic carbocycles. The van der Waals surface area contributed by atoms with E-state index in [1.807, 2.05) is 11.0 Å². The molecule has 1 unspecified atom stereocenters. The third-order valence-corrected chi connectivity index (χ3v) is 4.37. The summed E-state index contributed by atoms with van der Waals surface area (Å²) >= 11 is 0. The van der Waals surface area contributed by atoms with Gasteiger partial charge in [-0.05, 0) is 31.0 Å². The van der Waals surface area contributed by atoms with E-state index in [2.05, 4.69) is 5.32 Å². The molecule has 1 aromatic carbocycles. The van der Waals surface area contributed by atoms with Gasteiger partial charge in [-0.3, -0.25) is 14.4 Å². The first kappa shape index (κ1) is 15.5. The number of amides is 3. The number of nitrogens with zero attached hydrogens (tertiary/aromatic N) is 2. The van der Waals surface area contributed by atoms with Gasteiger partial charge in [-0.25, -0.2) is 0 Å². The van der Waals surface area contributed by atoms with Crippen LogP contribution in [0.4, 0.5) is 11.4 Å². The lowest BCUT2D eigenvalue weighted by molar-refractivity contribution is -0.134. The van der Waals surface area contributed by atoms with E-state index < -0.39 is 0 Å². The third kappa shape index (κ3) is 3.36. The second-order valence-electron chi connectivity index (χ2n) is 6.17. The Kier molecular flexibility index (Phi) is 4.32. The Morgan fingerprint density at radius 2 is 1.96 bits per heavy atom. The van der Waals surface area contributed by atoms with Crippen LogP contribution in [0, 0.1) is 5.92 Å². The minimum Gasteiger partial charge on any atom is -0.342 e. The molecular weight excluding hydrogens is 294 g/mol. The van der Waals surface area contributed by atoms with Crippen molar-refractivity contribution < 1.29 is 14.4 Å². The van der Waals surface area contributed by atoms with Crippen LogP contribution in [0.2, 0.25) is 0 Å². The zero-order valence-electron chi connectivity index (χ0n) is 13.2. The normalized spacial score (nSPS) is 20.9. The molecule has 3 rings (SSSR count). The van der Waals surface area contributed by atoms with E-state index in [9.17, 15) is 14.4 Å². The maximum atomic E-state index is 12.5. The summed E-state index contributed by atoms with van der Waals surface area (Å²) in [5, 5.41) is 2.71. The van der Waals surface area contributed by atoms with Crippen molar-refractivity contribution in [1.29, 1.82) is 0 Å². The van der Waals surface area contributed by atoms with E-state index in [1.54, 1.807) is 23.1 Å². The first-order chi connectivity index (χ1) is 11.0. The summed E-state index contributed by atoms with van der Waals surface area (Å²) in [5.74, 6) is -0.360. The van der Waals surface area contributed by atoms with Crippen molar-refractivity contribution in [2.24, 2.45) is 5.92 Å². The number of likely N-dealkylation sites (tertiary alicyclic amines) is 1. The summed E-state index contributed by atoms with van der Waals surface area (Å²) in [6.45, 7) is 3.47. The van der Waals surface area contributed by atoms with Crippen LogP contribution in [-0.2, 0) is 14.4 Å². The minimum absolute atomic E-state index is 0.0393. The SMILES string of the molecule is CC(=O)Nc1cccc(N2CC(C(=O)N3CCCC3)CC2=O)c1. The zero-order chi connectivity index (χ0) is 16.4. The molecule has 0 spiro atoms. The van der Waals surface area contributed by atoms with E-state index in [4.69, 9.17) is 0 Å². The van der Waals surface area contributed by atoms with Crippen LogP contribution in [0.25, 0.3) is 0 Å². The Hall–Kier alpha value is -2.37. The third-order valence-electron chi connectivity index (χ3n) is 4.37. The van der Waals surface area contributed by atoms with Crippen LogP contribution in [-0.4, -0.2) is 42.3 Å². The van der Waals surface area contributed by atoms with Gasteiger partial charge in [-0.2, -0.15) is 0 Å². The molecule has 6 heteroatoms. The summed E-state index contributed by atoms with van der Waals surface area (Å²) in [6, 6.07) is 7.16. The fourth-order valence-corrected chi connectivity index (χ4v) is 3.27. The van der Waals surface area contributed by atoms with E-state index in [0.29, 0.717) is 12.2 Å². The lowest BCUT2D eigenvalue weighted by atomic mass is 10.1. The Morgan fingerprint density at radius 1 is 1.22 bits per heavy atom. The smallest absolute Gasteiger partial charge is 0.228 e. The van der Waals surface area contributed by atoms with E-state index in [0.717, 1.165) is 31.6 Å². The molecule has 3 amide bonds. The van der Waals surface area contributed by atoms with Crippen molar-refractivity contribution in [2.75, 3.05) is 29.9 Å². The Bertz CT molecular complexity index is 638. The molecule has 1 atom stereocenters. The molecule has 2 saturated heterocycles. The van der Waals surface area contributed by atoms with Crippen molar-refractivity contribution in [3.05, 3.63) is 24.3 Å². The van der Waals surface area contributed by atoms with Crippen molar-refractivity contribution in [3.63, 3.8) is 0 Å². The summed E-state index contributed by atoms with van der Waals surface area (Å²) < 4.78 is 0. The van der Waals surface area contributed by atoms with Crippen LogP contribution in [0.3, 0.4) is 0 Å². The molecule has 0 bridgehead atoms. The van der Waals surface area contributed by atoms with E-state index >= 15 is 0 Å². The molecule has 0 saturated carbocycles. The highest BCUT2D eigenvalue weighted by atomic mass is 16.2. The molecule has 23 heavy (non-hydrogen) atoms. The summed E-state index contributed by atoms with van der Waals surface area (Å²) in [7, 11) is 0. The number of benzene rings is 1. The monoisotopic (exact) mass is 315 g/mol. The summed E-state index contributed by atoms with van der Waals surface area (Å²) in [5.41, 5.74) is 1.37. The van der Waals surface area contributed by atoms with E-state index in [1.165, 1.54) is 6.92 Å². The maximum absolute atomic E-state index is 12.5. The van der Waals surface area contributed by atoms with Gasteiger partial charge >= 0.3 is 0 Å². The van der Waals surface area contributed by atoms with Gasteiger partial charge in [0.15, 0.2) is 0 Å². The lowest BCUT2D eigenvalue weighted by Crippen LogP contribution is -2.35. The summed E-state index contributed by atoms with van der Waals surface area (Å²) in [4.78, 5) is 39.4. The number of anilines is 2. The van der Waals surface area contributed by atoms with Gasteiger partial charge in [0.1, 0.15) is 0 Å². The van der Waals surface area contributed by atoms with E-state index in [-0.39, 0.29) is 30.1 Å². The Morgan fingerprint density at radius 3 is 2.65 bits per heavy atom. The highest BCUT2D eigenvalue weighted by Crippen LogP contribution is 2.28. The fraction of sp³-hybridized carbons (Fsp3) is 0.471. The molecule has 2 aliphatic heterocycles. The number of hydrogen-bond donors (Lipinski definition) is 1. The topological polar surface area (TPSA) is 69.7 Å². The predicted molar refractivity (Wildman–Crippen MR) is 87.0 cm³/mol. The standard InChI is InChI=1S/C17H21N3O3/c1-12(21)18-14-5-4-6-15(10-14)20-11-13(9-16(20)22)17(23)19-7-2-3-8-19/h4-6,10,13H,2-3,7-9,11H2,1H3,(H,18,21). The molecule has 0 radical (unpaired) electrons. The maximum Gasteiger partial charge on any atom is 0.228 e. The molecule has 2 aliphatic rings. The average molecular weight is 315 g/mol. The molecule has 1 aromatic rings. The Balaban J connectivity index is 1.72. The van der Waals surface area contributed by atoms with Gasteiger partial charge in [0.25, 0.3) is 0 Å². The minimum atomic E-state index is -0.259. The van der Waals surface area contributed by atoms with Crippen molar-refractivity contribution in [1.82, 2.24) is 4.90 Å². The Labute approximate surface area is 135 Å². The van der Waals surface area contributed by atoms with Crippen LogP contribution in [0.5, 0.6) is 0 Å². The number of rotatable bonds is 3.